The maximum atomic E-state index is 13.3. The Morgan fingerprint density at radius 3 is 2.44 bits per heavy atom. The lowest BCUT2D eigenvalue weighted by Gasteiger charge is -2.08. The Morgan fingerprint density at radius 2 is 1.74 bits per heavy atom. The van der Waals surface area contributed by atoms with Crippen molar-refractivity contribution < 1.29 is 18.7 Å². The van der Waals surface area contributed by atoms with Crippen LogP contribution in [0.2, 0.25) is 0 Å². The number of ether oxygens (including phenoxy) is 1. The van der Waals surface area contributed by atoms with Gasteiger partial charge in [0, 0.05) is 11.1 Å². The van der Waals surface area contributed by atoms with Crippen LogP contribution in [0.3, 0.4) is 0 Å². The van der Waals surface area contributed by atoms with E-state index < -0.39 is 17.6 Å². The summed E-state index contributed by atoms with van der Waals surface area (Å²) >= 11 is 0. The summed E-state index contributed by atoms with van der Waals surface area (Å²) in [6.07, 6.45) is 0. The lowest BCUT2D eigenvalue weighted by atomic mass is 10.1. The highest BCUT2D eigenvalue weighted by Gasteiger charge is 2.14. The minimum Gasteiger partial charge on any atom is -0.497 e. The normalized spacial score (nSPS) is 10.3. The Balaban J connectivity index is 1.65. The Hall–Kier alpha value is -3.68. The number of hydrogen-bond donors (Lipinski definition) is 3. The molecule has 2 aromatic carbocycles. The Labute approximate surface area is 154 Å². The third-order valence-electron chi connectivity index (χ3n) is 3.94. The monoisotopic (exact) mass is 368 g/mol. The Morgan fingerprint density at radius 1 is 1.04 bits per heavy atom. The number of hydrogen-bond acceptors (Lipinski definition) is 4. The van der Waals surface area contributed by atoms with Crippen molar-refractivity contribution in [3.05, 3.63) is 71.2 Å². The van der Waals surface area contributed by atoms with Crippen molar-refractivity contribution in [3.63, 3.8) is 0 Å². The highest BCUT2D eigenvalue weighted by atomic mass is 19.1. The fourth-order valence-corrected chi connectivity index (χ4v) is 2.43. The predicted molar refractivity (Wildman–Crippen MR) is 96.6 cm³/mol. The largest absolute Gasteiger partial charge is 0.497 e. The summed E-state index contributed by atoms with van der Waals surface area (Å²) in [4.78, 5) is 24.3. The number of nitrogens with one attached hydrogen (secondary N) is 3. The maximum Gasteiger partial charge on any atom is 0.287 e. The number of methoxy groups -OCH3 is 1. The number of nitrogens with zero attached hydrogens (tertiary/aromatic N) is 1. The molecule has 0 aliphatic heterocycles. The number of hydrazine groups is 1. The van der Waals surface area contributed by atoms with Crippen molar-refractivity contribution in [1.29, 1.82) is 0 Å². The molecule has 138 valence electrons. The average molecular weight is 368 g/mol. The second-order valence-corrected chi connectivity index (χ2v) is 5.76. The highest BCUT2D eigenvalue weighted by molar-refractivity contribution is 5.99. The number of H-pyrrole nitrogens is 1. The Bertz CT molecular complexity index is 983. The zero-order chi connectivity index (χ0) is 19.4. The van der Waals surface area contributed by atoms with Crippen LogP contribution in [0.4, 0.5) is 4.39 Å². The molecule has 0 unspecified atom stereocenters. The van der Waals surface area contributed by atoms with E-state index in [9.17, 15) is 14.0 Å². The number of carbonyl (C=O) groups excluding carboxylic acids is 2. The van der Waals surface area contributed by atoms with Crippen molar-refractivity contribution in [3.8, 4) is 17.0 Å². The zero-order valence-electron chi connectivity index (χ0n) is 14.7. The number of halogens is 1. The van der Waals surface area contributed by atoms with Crippen LogP contribution < -0.4 is 15.6 Å². The fourth-order valence-electron chi connectivity index (χ4n) is 2.43. The molecule has 0 saturated heterocycles. The van der Waals surface area contributed by atoms with Gasteiger partial charge >= 0.3 is 0 Å². The van der Waals surface area contributed by atoms with Crippen molar-refractivity contribution >= 4 is 11.8 Å². The summed E-state index contributed by atoms with van der Waals surface area (Å²) in [5.74, 6) is -1.02. The highest BCUT2D eigenvalue weighted by Crippen LogP contribution is 2.21. The molecule has 0 radical (unpaired) electrons. The molecule has 3 N–H and O–H groups in total. The number of amides is 2. The first kappa shape index (κ1) is 18.1. The van der Waals surface area contributed by atoms with E-state index in [-0.39, 0.29) is 11.3 Å². The van der Waals surface area contributed by atoms with Crippen LogP contribution in [0.5, 0.6) is 5.75 Å². The van der Waals surface area contributed by atoms with E-state index >= 15 is 0 Å². The number of aryl methyl sites for hydroxylation is 1. The van der Waals surface area contributed by atoms with E-state index in [0.29, 0.717) is 17.0 Å². The maximum absolute atomic E-state index is 13.3. The summed E-state index contributed by atoms with van der Waals surface area (Å²) < 4.78 is 18.4. The predicted octanol–water partition coefficient (Wildman–Crippen LogP) is 2.61. The van der Waals surface area contributed by atoms with E-state index in [4.69, 9.17) is 4.74 Å². The van der Waals surface area contributed by atoms with Crippen LogP contribution >= 0.6 is 0 Å². The van der Waals surface area contributed by atoms with Gasteiger partial charge in [0.25, 0.3) is 11.8 Å². The van der Waals surface area contributed by atoms with Gasteiger partial charge in [0.05, 0.1) is 12.8 Å². The molecule has 1 aromatic heterocycles. The van der Waals surface area contributed by atoms with Crippen LogP contribution in [-0.4, -0.2) is 29.1 Å². The van der Waals surface area contributed by atoms with Gasteiger partial charge in [-0.25, -0.2) is 4.39 Å². The van der Waals surface area contributed by atoms with E-state index in [2.05, 4.69) is 21.0 Å². The molecule has 3 rings (SSSR count). The number of rotatable bonds is 4. The standard InChI is InChI=1S/C19H17FN4O3/c1-11-3-6-13(20)9-15(11)18(25)23-24-19(26)17-10-16(21-22-17)12-4-7-14(27-2)8-5-12/h3-10H,1-2H3,(H,21,22)(H,23,25)(H,24,26). The number of aromatic nitrogens is 2. The van der Waals surface area contributed by atoms with Gasteiger partial charge in [-0.15, -0.1) is 0 Å². The molecule has 27 heavy (non-hydrogen) atoms. The van der Waals surface area contributed by atoms with E-state index in [1.807, 2.05) is 12.1 Å². The van der Waals surface area contributed by atoms with Crippen molar-refractivity contribution in [1.82, 2.24) is 21.0 Å². The minimum absolute atomic E-state index is 0.138. The molecule has 2 amide bonds. The lowest BCUT2D eigenvalue weighted by molar-refractivity contribution is 0.0843. The number of carbonyl (C=O) groups is 2. The molecule has 7 nitrogen and oxygen atoms in total. The first-order valence-electron chi connectivity index (χ1n) is 8.04. The molecule has 0 spiro atoms. The molecule has 0 aliphatic rings. The molecule has 0 bridgehead atoms. The van der Waals surface area contributed by atoms with Crippen LogP contribution in [0.15, 0.2) is 48.5 Å². The molecule has 3 aromatic rings. The fraction of sp³-hybridized carbons (Fsp3) is 0.105. The first-order valence-corrected chi connectivity index (χ1v) is 8.04. The molecular formula is C19H17FN4O3. The molecule has 0 atom stereocenters. The van der Waals surface area contributed by atoms with Gasteiger partial charge in [-0.3, -0.25) is 25.5 Å². The van der Waals surface area contributed by atoms with Gasteiger partial charge in [-0.05, 0) is 55.0 Å². The Kier molecular flexibility index (Phi) is 5.16. The second kappa shape index (κ2) is 7.69. The smallest absolute Gasteiger partial charge is 0.287 e. The van der Waals surface area contributed by atoms with Gasteiger partial charge in [0.15, 0.2) is 0 Å². The van der Waals surface area contributed by atoms with Gasteiger partial charge in [-0.2, -0.15) is 5.10 Å². The van der Waals surface area contributed by atoms with E-state index in [1.54, 1.807) is 32.2 Å². The van der Waals surface area contributed by atoms with Crippen LogP contribution in [-0.2, 0) is 0 Å². The van der Waals surface area contributed by atoms with Crippen molar-refractivity contribution in [2.75, 3.05) is 7.11 Å². The summed E-state index contributed by atoms with van der Waals surface area (Å²) in [7, 11) is 1.58. The molecule has 0 aliphatic carbocycles. The summed E-state index contributed by atoms with van der Waals surface area (Å²) in [6, 6.07) is 12.6. The van der Waals surface area contributed by atoms with Crippen molar-refractivity contribution in [2.45, 2.75) is 6.92 Å². The SMILES string of the molecule is COc1ccc(-c2cc(C(=O)NNC(=O)c3cc(F)ccc3C)[nH]n2)cc1. The van der Waals surface area contributed by atoms with Gasteiger partial charge in [0.1, 0.15) is 17.3 Å². The lowest BCUT2D eigenvalue weighted by Crippen LogP contribution is -2.42. The molecular weight excluding hydrogens is 351 g/mol. The second-order valence-electron chi connectivity index (χ2n) is 5.76. The summed E-state index contributed by atoms with van der Waals surface area (Å²) in [5, 5.41) is 6.70. The van der Waals surface area contributed by atoms with Crippen LogP contribution in [0.1, 0.15) is 26.4 Å². The number of benzene rings is 2. The average Bonchev–Trinajstić information content (AvgIpc) is 3.18. The molecule has 0 saturated carbocycles. The zero-order valence-corrected chi connectivity index (χ0v) is 14.7. The summed E-state index contributed by atoms with van der Waals surface area (Å²) in [6.45, 7) is 1.67. The number of aromatic amines is 1. The van der Waals surface area contributed by atoms with Crippen molar-refractivity contribution in [2.24, 2.45) is 0 Å². The van der Waals surface area contributed by atoms with Gasteiger partial charge in [0.2, 0.25) is 0 Å². The molecule has 0 fully saturated rings. The summed E-state index contributed by atoms with van der Waals surface area (Å²) in [5.41, 5.74) is 6.79. The third kappa shape index (κ3) is 4.12. The quantitative estimate of drug-likeness (QED) is 0.617. The third-order valence-corrected chi connectivity index (χ3v) is 3.94. The molecule has 8 heteroatoms. The van der Waals surface area contributed by atoms with Gasteiger partial charge in [-0.1, -0.05) is 6.07 Å². The minimum atomic E-state index is -0.616. The van der Waals surface area contributed by atoms with Crippen LogP contribution in [0, 0.1) is 12.7 Å². The van der Waals surface area contributed by atoms with Gasteiger partial charge < -0.3 is 4.74 Å². The van der Waals surface area contributed by atoms with Crippen LogP contribution in [0.25, 0.3) is 11.3 Å². The first-order chi connectivity index (χ1) is 13.0. The van der Waals surface area contributed by atoms with E-state index in [0.717, 1.165) is 11.6 Å². The molecule has 1 heterocycles. The van der Waals surface area contributed by atoms with E-state index in [1.165, 1.54) is 12.1 Å². The topological polar surface area (TPSA) is 96.1 Å².